The fourth-order valence-electron chi connectivity index (χ4n) is 2.00. The van der Waals surface area contributed by atoms with Crippen LogP contribution in [0, 0.1) is 0 Å². The summed E-state index contributed by atoms with van der Waals surface area (Å²) in [6.45, 7) is 0. The van der Waals surface area contributed by atoms with E-state index in [1.165, 1.54) is 0 Å². The lowest BCUT2D eigenvalue weighted by atomic mass is 10.2. The minimum atomic E-state index is -5.25. The molecule has 10 heteroatoms. The summed E-state index contributed by atoms with van der Waals surface area (Å²) in [5.74, 6) is -2.30. The quantitative estimate of drug-likeness (QED) is 0.462. The maximum absolute atomic E-state index is 12.6. The molecule has 1 heterocycles. The van der Waals surface area contributed by atoms with Crippen molar-refractivity contribution in [1.82, 2.24) is 10.2 Å². The van der Waals surface area contributed by atoms with Crippen molar-refractivity contribution in [1.29, 1.82) is 0 Å². The van der Waals surface area contributed by atoms with Crippen LogP contribution in [0.4, 0.5) is 13.2 Å². The van der Waals surface area contributed by atoms with Gasteiger partial charge in [0.05, 0.1) is 0 Å². The molecule has 0 unspecified atom stereocenters. The topological polar surface area (TPSA) is 75.5 Å². The number of hydrogen-bond acceptors (Lipinski definition) is 7. The third-order valence-corrected chi connectivity index (χ3v) is 5.57. The van der Waals surface area contributed by atoms with Crippen molar-refractivity contribution in [3.63, 3.8) is 0 Å². The van der Waals surface area contributed by atoms with Gasteiger partial charge in [0.25, 0.3) is 0 Å². The number of aromatic nitrogens is 2. The maximum Gasteiger partial charge on any atom is 0.450 e. The van der Waals surface area contributed by atoms with Crippen molar-refractivity contribution < 1.29 is 28.1 Å². The zero-order valence-electron chi connectivity index (χ0n) is 13.6. The van der Waals surface area contributed by atoms with Crippen LogP contribution in [0.1, 0.15) is 10.6 Å². The summed E-state index contributed by atoms with van der Waals surface area (Å²) in [5, 5.41) is 24.3. The first kappa shape index (κ1) is 19.6. The lowest BCUT2D eigenvalue weighted by Crippen LogP contribution is -2.41. The largest absolute Gasteiger partial charge is 0.457 e. The zero-order chi connectivity index (χ0) is 19.5. The minimum Gasteiger partial charge on any atom is -0.457 e. The van der Waals surface area contributed by atoms with Crippen molar-refractivity contribution in [2.24, 2.45) is 0 Å². The van der Waals surface area contributed by atoms with E-state index in [9.17, 15) is 23.4 Å². The molecule has 2 N–H and O–H groups in total. The van der Waals surface area contributed by atoms with Crippen molar-refractivity contribution in [2.45, 2.75) is 22.1 Å². The van der Waals surface area contributed by atoms with Gasteiger partial charge < -0.3 is 14.9 Å². The summed E-state index contributed by atoms with van der Waals surface area (Å²) < 4.78 is 43.8. The van der Waals surface area contributed by atoms with Gasteiger partial charge in [0.2, 0.25) is 0 Å². The first-order valence-electron chi connectivity index (χ1n) is 7.56. The van der Waals surface area contributed by atoms with Gasteiger partial charge in [-0.15, -0.1) is 10.2 Å². The molecular weight excluding hydrogens is 401 g/mol. The van der Waals surface area contributed by atoms with Gasteiger partial charge in [-0.1, -0.05) is 53.4 Å². The molecule has 3 aromatic rings. The Kier molecular flexibility index (Phi) is 5.70. The molecule has 0 aliphatic rings. The van der Waals surface area contributed by atoms with E-state index in [-0.39, 0.29) is 4.34 Å². The van der Waals surface area contributed by atoms with Crippen LogP contribution in [0.5, 0.6) is 11.5 Å². The molecular formula is C17H13F3N2O3S2. The summed E-state index contributed by atoms with van der Waals surface area (Å²) in [6.07, 6.45) is -5.25. The van der Waals surface area contributed by atoms with E-state index in [2.05, 4.69) is 10.2 Å². The average Bonchev–Trinajstić information content (AvgIpc) is 3.10. The maximum atomic E-state index is 12.6. The number of benzene rings is 2. The number of aliphatic hydroxyl groups is 2. The molecule has 0 atom stereocenters. The van der Waals surface area contributed by atoms with Crippen LogP contribution < -0.4 is 4.74 Å². The Balaban J connectivity index is 1.65. The Hall–Kier alpha value is -2.14. The average molecular weight is 414 g/mol. The van der Waals surface area contributed by atoms with Crippen molar-refractivity contribution in [3.05, 3.63) is 65.2 Å². The molecule has 0 amide bonds. The predicted molar refractivity (Wildman–Crippen MR) is 94.6 cm³/mol. The highest BCUT2D eigenvalue weighted by Gasteiger charge is 2.57. The number of ether oxygens (including phenoxy) is 1. The van der Waals surface area contributed by atoms with E-state index in [1.54, 1.807) is 18.2 Å². The summed E-state index contributed by atoms with van der Waals surface area (Å²) in [6, 6.07) is 16.5. The predicted octanol–water partition coefficient (Wildman–Crippen LogP) is 4.32. The molecule has 142 valence electrons. The summed E-state index contributed by atoms with van der Waals surface area (Å²) in [7, 11) is 0. The van der Waals surface area contributed by atoms with Crippen molar-refractivity contribution >= 4 is 23.1 Å². The van der Waals surface area contributed by atoms with Gasteiger partial charge in [-0.3, -0.25) is 0 Å². The third kappa shape index (κ3) is 4.78. The van der Waals surface area contributed by atoms with Gasteiger partial charge in [0, 0.05) is 5.75 Å². The molecule has 0 spiro atoms. The van der Waals surface area contributed by atoms with Crippen LogP contribution in [0.15, 0.2) is 58.9 Å². The smallest absolute Gasteiger partial charge is 0.450 e. The van der Waals surface area contributed by atoms with Crippen LogP contribution in [0.2, 0.25) is 0 Å². The second kappa shape index (κ2) is 7.85. The molecule has 27 heavy (non-hydrogen) atoms. The molecule has 0 saturated heterocycles. The third-order valence-electron chi connectivity index (χ3n) is 3.34. The Bertz CT molecular complexity index is 902. The Morgan fingerprint density at radius 2 is 1.67 bits per heavy atom. The van der Waals surface area contributed by atoms with Crippen LogP contribution in [-0.2, 0) is 11.5 Å². The summed E-state index contributed by atoms with van der Waals surface area (Å²) >= 11 is 1.62. The number of rotatable bonds is 6. The van der Waals surface area contributed by atoms with E-state index in [0.717, 1.165) is 17.3 Å². The van der Waals surface area contributed by atoms with E-state index < -0.39 is 17.0 Å². The second-order valence-corrected chi connectivity index (χ2v) is 7.59. The van der Waals surface area contributed by atoms with Gasteiger partial charge in [-0.05, 0) is 29.8 Å². The number of para-hydroxylation sites is 1. The van der Waals surface area contributed by atoms with E-state index in [1.807, 2.05) is 36.4 Å². The molecule has 0 fully saturated rings. The summed E-state index contributed by atoms with van der Waals surface area (Å²) in [5.41, 5.74) is 0.861. The lowest BCUT2D eigenvalue weighted by molar-refractivity contribution is -0.358. The molecule has 0 saturated carbocycles. The van der Waals surface area contributed by atoms with E-state index in [0.29, 0.717) is 28.6 Å². The van der Waals surface area contributed by atoms with E-state index in [4.69, 9.17) is 4.74 Å². The fraction of sp³-hybridized carbons (Fsp3) is 0.176. The molecule has 5 nitrogen and oxygen atoms in total. The number of halogens is 3. The van der Waals surface area contributed by atoms with Gasteiger partial charge in [0.1, 0.15) is 11.5 Å². The highest BCUT2D eigenvalue weighted by Crippen LogP contribution is 2.39. The molecule has 1 aromatic heterocycles. The molecule has 0 aliphatic heterocycles. The molecule has 0 radical (unpaired) electrons. The first-order chi connectivity index (χ1) is 12.8. The number of alkyl halides is 3. The molecule has 0 bridgehead atoms. The number of thioether (sulfide) groups is 1. The molecule has 0 aliphatic carbocycles. The normalized spacial score (nSPS) is 12.2. The highest BCUT2D eigenvalue weighted by molar-refractivity contribution is 8.00. The highest BCUT2D eigenvalue weighted by atomic mass is 32.2. The van der Waals surface area contributed by atoms with Gasteiger partial charge in [-0.2, -0.15) is 13.2 Å². The lowest BCUT2D eigenvalue weighted by Gasteiger charge is -2.20. The van der Waals surface area contributed by atoms with Gasteiger partial charge >= 0.3 is 12.0 Å². The molecule has 3 rings (SSSR count). The van der Waals surface area contributed by atoms with Crippen LogP contribution in [-0.4, -0.2) is 26.6 Å². The SMILES string of the molecule is OC(O)(c1nnc(SCc2cccc(Oc3ccccc3)c2)s1)C(F)(F)F. The monoisotopic (exact) mass is 414 g/mol. The Morgan fingerprint density at radius 3 is 2.37 bits per heavy atom. The fourth-order valence-corrected chi connectivity index (χ4v) is 3.80. The second-order valence-electron chi connectivity index (χ2n) is 5.39. The van der Waals surface area contributed by atoms with Crippen molar-refractivity contribution in [2.75, 3.05) is 0 Å². The van der Waals surface area contributed by atoms with Crippen LogP contribution >= 0.6 is 23.1 Å². The zero-order valence-corrected chi connectivity index (χ0v) is 15.2. The minimum absolute atomic E-state index is 0.191. The number of nitrogens with zero attached hydrogens (tertiary/aromatic N) is 2. The number of hydrogen-bond donors (Lipinski definition) is 2. The summed E-state index contributed by atoms with van der Waals surface area (Å²) in [4.78, 5) is 0. The Morgan fingerprint density at radius 1 is 0.963 bits per heavy atom. The first-order valence-corrected chi connectivity index (χ1v) is 9.36. The van der Waals surface area contributed by atoms with Gasteiger partial charge in [-0.25, -0.2) is 0 Å². The molecule has 2 aromatic carbocycles. The van der Waals surface area contributed by atoms with Gasteiger partial charge in [0.15, 0.2) is 9.35 Å². The van der Waals surface area contributed by atoms with E-state index >= 15 is 0 Å². The Labute approximate surface area is 160 Å². The van der Waals surface area contributed by atoms with Crippen LogP contribution in [0.3, 0.4) is 0 Å². The van der Waals surface area contributed by atoms with Crippen molar-refractivity contribution in [3.8, 4) is 11.5 Å². The van der Waals surface area contributed by atoms with Crippen LogP contribution in [0.25, 0.3) is 0 Å². The standard InChI is InChI=1S/C17H13F3N2O3S2/c18-17(19,20)16(23,24)14-21-22-15(27-14)26-10-11-5-4-8-13(9-11)25-12-6-2-1-3-7-12/h1-9,23-24H,10H2.